The molecule has 1 N–H and O–H groups in total. The van der Waals surface area contributed by atoms with Crippen molar-refractivity contribution in [3.8, 4) is 5.75 Å². The lowest BCUT2D eigenvalue weighted by Gasteiger charge is -2.11. The van der Waals surface area contributed by atoms with Crippen molar-refractivity contribution in [1.29, 1.82) is 0 Å². The number of aryl methyl sites for hydroxylation is 3. The summed E-state index contributed by atoms with van der Waals surface area (Å²) < 4.78 is 5.76. The molecule has 0 unspecified atom stereocenters. The van der Waals surface area contributed by atoms with Gasteiger partial charge in [-0.15, -0.1) is 0 Å². The minimum absolute atomic E-state index is 0.279. The molecule has 0 fully saturated rings. The molecule has 0 spiro atoms. The van der Waals surface area contributed by atoms with Gasteiger partial charge >= 0.3 is 5.97 Å². The predicted molar refractivity (Wildman–Crippen MR) is 78.4 cm³/mol. The number of aromatic carboxylic acids is 1. The van der Waals surface area contributed by atoms with Gasteiger partial charge in [0.05, 0.1) is 5.56 Å². The Morgan fingerprint density at radius 1 is 1.00 bits per heavy atom. The maximum Gasteiger partial charge on any atom is 0.335 e. The fourth-order valence-corrected chi connectivity index (χ4v) is 2.00. The van der Waals surface area contributed by atoms with Crippen LogP contribution in [0.5, 0.6) is 5.75 Å². The molecule has 0 amide bonds. The Balaban J connectivity index is 2.10. The summed E-state index contributed by atoms with van der Waals surface area (Å²) in [6, 6.07) is 11.1. The van der Waals surface area contributed by atoms with Crippen molar-refractivity contribution in [2.24, 2.45) is 0 Å². The highest BCUT2D eigenvalue weighted by Gasteiger charge is 2.06. The van der Waals surface area contributed by atoms with Gasteiger partial charge in [0.2, 0.25) is 0 Å². The molecular formula is C17H18O3. The third-order valence-electron chi connectivity index (χ3n) is 3.39. The van der Waals surface area contributed by atoms with Crippen LogP contribution < -0.4 is 4.74 Å². The molecule has 0 saturated heterocycles. The van der Waals surface area contributed by atoms with E-state index in [4.69, 9.17) is 9.84 Å². The third-order valence-corrected chi connectivity index (χ3v) is 3.39. The summed E-state index contributed by atoms with van der Waals surface area (Å²) >= 11 is 0. The second-order valence-corrected chi connectivity index (χ2v) is 4.99. The fourth-order valence-electron chi connectivity index (χ4n) is 2.00. The van der Waals surface area contributed by atoms with Gasteiger partial charge in [-0.1, -0.05) is 18.2 Å². The number of carbonyl (C=O) groups is 1. The van der Waals surface area contributed by atoms with Crippen LogP contribution in [0.15, 0.2) is 36.4 Å². The van der Waals surface area contributed by atoms with Gasteiger partial charge in [-0.25, -0.2) is 4.79 Å². The van der Waals surface area contributed by atoms with E-state index >= 15 is 0 Å². The zero-order valence-electron chi connectivity index (χ0n) is 11.9. The maximum atomic E-state index is 10.9. The van der Waals surface area contributed by atoms with Gasteiger partial charge in [-0.2, -0.15) is 0 Å². The first-order valence-electron chi connectivity index (χ1n) is 6.50. The Morgan fingerprint density at radius 2 is 1.75 bits per heavy atom. The van der Waals surface area contributed by atoms with Gasteiger partial charge in [0.15, 0.2) is 0 Å². The number of carboxylic acid groups (broad SMARTS) is 1. The van der Waals surface area contributed by atoms with Gasteiger partial charge in [0.1, 0.15) is 12.4 Å². The zero-order chi connectivity index (χ0) is 14.7. The molecule has 3 heteroatoms. The molecule has 104 valence electrons. The number of ether oxygens (including phenoxy) is 1. The van der Waals surface area contributed by atoms with Crippen LogP contribution in [0.3, 0.4) is 0 Å². The van der Waals surface area contributed by atoms with Crippen molar-refractivity contribution in [3.05, 3.63) is 64.2 Å². The largest absolute Gasteiger partial charge is 0.489 e. The molecule has 0 atom stereocenters. The first kappa shape index (κ1) is 14.1. The molecule has 3 nitrogen and oxygen atoms in total. The summed E-state index contributed by atoms with van der Waals surface area (Å²) in [5, 5.41) is 8.92. The first-order chi connectivity index (χ1) is 9.47. The minimum atomic E-state index is -0.922. The Morgan fingerprint density at radius 3 is 2.35 bits per heavy atom. The monoisotopic (exact) mass is 270 g/mol. The van der Waals surface area contributed by atoms with E-state index in [0.29, 0.717) is 12.4 Å². The Labute approximate surface area is 118 Å². The van der Waals surface area contributed by atoms with E-state index in [1.54, 1.807) is 18.2 Å². The lowest BCUT2D eigenvalue weighted by Crippen LogP contribution is -2.01. The maximum absolute atomic E-state index is 10.9. The van der Waals surface area contributed by atoms with Crippen LogP contribution in [0.1, 0.15) is 32.6 Å². The van der Waals surface area contributed by atoms with E-state index in [-0.39, 0.29) is 5.56 Å². The van der Waals surface area contributed by atoms with Crippen LogP contribution in [0, 0.1) is 20.8 Å². The minimum Gasteiger partial charge on any atom is -0.489 e. The van der Waals surface area contributed by atoms with Crippen molar-refractivity contribution in [1.82, 2.24) is 0 Å². The van der Waals surface area contributed by atoms with E-state index in [1.165, 1.54) is 11.1 Å². The van der Waals surface area contributed by atoms with Crippen molar-refractivity contribution in [2.75, 3.05) is 0 Å². The molecular weight excluding hydrogens is 252 g/mol. The molecule has 2 rings (SSSR count). The van der Waals surface area contributed by atoms with E-state index < -0.39 is 5.97 Å². The number of benzene rings is 2. The second-order valence-electron chi connectivity index (χ2n) is 4.99. The predicted octanol–water partition coefficient (Wildman–Crippen LogP) is 3.89. The summed E-state index contributed by atoms with van der Waals surface area (Å²) in [6.45, 7) is 6.48. The van der Waals surface area contributed by atoms with Crippen LogP contribution in [-0.2, 0) is 6.61 Å². The lowest BCUT2D eigenvalue weighted by atomic mass is 10.1. The van der Waals surface area contributed by atoms with Crippen molar-refractivity contribution in [3.63, 3.8) is 0 Å². The summed E-state index contributed by atoms with van der Waals surface area (Å²) in [4.78, 5) is 10.9. The van der Waals surface area contributed by atoms with Crippen LogP contribution in [-0.4, -0.2) is 11.1 Å². The van der Waals surface area contributed by atoms with E-state index in [2.05, 4.69) is 26.0 Å². The smallest absolute Gasteiger partial charge is 0.335 e. The Hall–Kier alpha value is -2.29. The Kier molecular flexibility index (Phi) is 4.08. The molecule has 2 aromatic carbocycles. The standard InChI is InChI=1S/C17H18O3/c1-11-4-5-14(8-12(11)2)10-20-16-7-6-15(17(18)19)9-13(16)3/h4-9H,10H2,1-3H3,(H,18,19). The normalized spacial score (nSPS) is 10.3. The average molecular weight is 270 g/mol. The molecule has 0 radical (unpaired) electrons. The van der Waals surface area contributed by atoms with Crippen molar-refractivity contribution in [2.45, 2.75) is 27.4 Å². The van der Waals surface area contributed by atoms with Gasteiger partial charge in [-0.05, 0) is 61.2 Å². The highest BCUT2D eigenvalue weighted by atomic mass is 16.5. The van der Waals surface area contributed by atoms with Crippen molar-refractivity contribution >= 4 is 5.97 Å². The number of carboxylic acids is 1. The van der Waals surface area contributed by atoms with Gasteiger partial charge in [0.25, 0.3) is 0 Å². The van der Waals surface area contributed by atoms with Crippen LogP contribution >= 0.6 is 0 Å². The number of hydrogen-bond donors (Lipinski definition) is 1. The number of hydrogen-bond acceptors (Lipinski definition) is 2. The van der Waals surface area contributed by atoms with E-state index in [9.17, 15) is 4.79 Å². The molecule has 0 heterocycles. The molecule has 0 saturated carbocycles. The van der Waals surface area contributed by atoms with Gasteiger partial charge in [0, 0.05) is 0 Å². The molecule has 0 bridgehead atoms. The molecule has 0 aliphatic carbocycles. The summed E-state index contributed by atoms with van der Waals surface area (Å²) in [5.74, 6) is -0.206. The first-order valence-corrected chi connectivity index (χ1v) is 6.50. The molecule has 0 aromatic heterocycles. The van der Waals surface area contributed by atoms with E-state index in [1.807, 2.05) is 13.0 Å². The average Bonchev–Trinajstić information content (AvgIpc) is 2.41. The molecule has 0 aliphatic rings. The Bertz CT molecular complexity index is 645. The quantitative estimate of drug-likeness (QED) is 0.916. The van der Waals surface area contributed by atoms with Crippen LogP contribution in [0.25, 0.3) is 0 Å². The highest BCUT2D eigenvalue weighted by Crippen LogP contribution is 2.21. The van der Waals surface area contributed by atoms with E-state index in [0.717, 1.165) is 11.1 Å². The molecule has 20 heavy (non-hydrogen) atoms. The van der Waals surface area contributed by atoms with Crippen LogP contribution in [0.4, 0.5) is 0 Å². The topological polar surface area (TPSA) is 46.5 Å². The summed E-state index contributed by atoms with van der Waals surface area (Å²) in [5.41, 5.74) is 4.71. The zero-order valence-corrected chi connectivity index (χ0v) is 11.9. The SMILES string of the molecule is Cc1ccc(COc2ccc(C(=O)O)cc2C)cc1C. The molecule has 2 aromatic rings. The lowest BCUT2D eigenvalue weighted by molar-refractivity contribution is 0.0696. The van der Waals surface area contributed by atoms with Crippen LogP contribution in [0.2, 0.25) is 0 Å². The van der Waals surface area contributed by atoms with Gasteiger partial charge in [-0.3, -0.25) is 0 Å². The number of rotatable bonds is 4. The fraction of sp³-hybridized carbons (Fsp3) is 0.235. The summed E-state index contributed by atoms with van der Waals surface area (Å²) in [6.07, 6.45) is 0. The van der Waals surface area contributed by atoms with Crippen molar-refractivity contribution < 1.29 is 14.6 Å². The van der Waals surface area contributed by atoms with Gasteiger partial charge < -0.3 is 9.84 Å². The highest BCUT2D eigenvalue weighted by molar-refractivity contribution is 5.88. The third kappa shape index (κ3) is 3.18. The second kappa shape index (κ2) is 5.78. The molecule has 0 aliphatic heterocycles. The summed E-state index contributed by atoms with van der Waals surface area (Å²) in [7, 11) is 0.